The average Bonchev–Trinajstić information content (AvgIpc) is 3.09. The summed E-state index contributed by atoms with van der Waals surface area (Å²) in [6, 6.07) is 3.77. The highest BCUT2D eigenvalue weighted by molar-refractivity contribution is 5.78. The van der Waals surface area contributed by atoms with Gasteiger partial charge in [-0.3, -0.25) is 4.79 Å². The Bertz CT molecular complexity index is 1290. The maximum absolute atomic E-state index is 14.4. The number of imidazole rings is 1. The molecule has 5 rings (SSSR count). The lowest BCUT2D eigenvalue weighted by Crippen LogP contribution is -2.39. The van der Waals surface area contributed by atoms with Crippen LogP contribution in [0.25, 0.3) is 27.9 Å². The number of aromatic nitrogens is 5. The fraction of sp³-hybridized carbons (Fsp3) is 0.333. The number of piperidine rings is 1. The van der Waals surface area contributed by atoms with Gasteiger partial charge in [0.05, 0.1) is 16.6 Å². The highest BCUT2D eigenvalue weighted by Gasteiger charge is 2.21. The molecule has 1 saturated heterocycles. The fourth-order valence-electron chi connectivity index (χ4n) is 4.13. The zero-order valence-electron chi connectivity index (χ0n) is 16.3. The number of nitrogens with zero attached hydrogens (tertiary/aromatic N) is 5. The summed E-state index contributed by atoms with van der Waals surface area (Å²) >= 11 is 0. The molecule has 0 saturated carbocycles. The van der Waals surface area contributed by atoms with E-state index in [4.69, 9.17) is 0 Å². The highest BCUT2D eigenvalue weighted by atomic mass is 19.1. The lowest BCUT2D eigenvalue weighted by atomic mass is 10.00. The topological polar surface area (TPSA) is 77.1 Å². The second-order valence-electron chi connectivity index (χ2n) is 7.74. The molecule has 1 fully saturated rings. The number of hydrogen-bond acceptors (Lipinski definition) is 5. The van der Waals surface area contributed by atoms with E-state index in [-0.39, 0.29) is 17.2 Å². The standard InChI is InChI=1S/C21H21FN6O/c1-12-7-15(3-5-23-12)28-6-4-18-16(21(28)29)9-24-19(26-18)14-8-17(22)20-25-13(2)10-27(20)11-14/h4,6,8-12,15,23H,3,5,7H2,1-2H3/t12-,15?/m0/s1. The van der Waals surface area contributed by atoms with Crippen molar-refractivity contribution in [3.8, 4) is 11.4 Å². The van der Waals surface area contributed by atoms with E-state index in [1.165, 1.54) is 6.07 Å². The van der Waals surface area contributed by atoms with Crippen LogP contribution in [0.5, 0.6) is 0 Å². The Morgan fingerprint density at radius 2 is 2.14 bits per heavy atom. The molecule has 0 bridgehead atoms. The third-order valence-electron chi connectivity index (χ3n) is 5.55. The average molecular weight is 392 g/mol. The second kappa shape index (κ2) is 6.73. The van der Waals surface area contributed by atoms with Gasteiger partial charge in [0.15, 0.2) is 17.3 Å². The van der Waals surface area contributed by atoms with Crippen molar-refractivity contribution < 1.29 is 4.39 Å². The SMILES string of the molecule is Cc1cn2cc(-c3ncc4c(=O)n(C5CCN[C@@H](C)C5)ccc4n3)cc(F)c2n1. The van der Waals surface area contributed by atoms with Crippen LogP contribution in [-0.4, -0.2) is 36.5 Å². The molecule has 0 spiro atoms. The Hall–Kier alpha value is -3.13. The van der Waals surface area contributed by atoms with Crippen LogP contribution in [0.4, 0.5) is 4.39 Å². The van der Waals surface area contributed by atoms with Gasteiger partial charge in [0.1, 0.15) is 0 Å². The molecule has 2 atom stereocenters. The van der Waals surface area contributed by atoms with Gasteiger partial charge in [-0.2, -0.15) is 0 Å². The largest absolute Gasteiger partial charge is 0.314 e. The van der Waals surface area contributed by atoms with Gasteiger partial charge >= 0.3 is 0 Å². The minimum Gasteiger partial charge on any atom is -0.314 e. The predicted molar refractivity (Wildman–Crippen MR) is 108 cm³/mol. The zero-order chi connectivity index (χ0) is 20.1. The van der Waals surface area contributed by atoms with Crippen LogP contribution in [0.15, 0.2) is 41.7 Å². The number of pyridine rings is 2. The monoisotopic (exact) mass is 392 g/mol. The van der Waals surface area contributed by atoms with E-state index < -0.39 is 5.82 Å². The molecular weight excluding hydrogens is 371 g/mol. The Kier molecular flexibility index (Phi) is 4.16. The van der Waals surface area contributed by atoms with Gasteiger partial charge < -0.3 is 14.3 Å². The molecule has 8 heteroatoms. The van der Waals surface area contributed by atoms with Crippen molar-refractivity contribution in [2.24, 2.45) is 0 Å². The van der Waals surface area contributed by atoms with E-state index >= 15 is 0 Å². The summed E-state index contributed by atoms with van der Waals surface area (Å²) in [6.45, 7) is 4.84. The van der Waals surface area contributed by atoms with Gasteiger partial charge in [-0.25, -0.2) is 19.3 Å². The van der Waals surface area contributed by atoms with Crippen molar-refractivity contribution in [2.45, 2.75) is 38.8 Å². The first-order chi connectivity index (χ1) is 14.0. The van der Waals surface area contributed by atoms with Gasteiger partial charge in [-0.1, -0.05) is 0 Å². The van der Waals surface area contributed by atoms with Crippen LogP contribution in [0.3, 0.4) is 0 Å². The molecule has 0 aliphatic carbocycles. The number of aryl methyl sites for hydroxylation is 1. The van der Waals surface area contributed by atoms with Crippen molar-refractivity contribution >= 4 is 16.6 Å². The summed E-state index contributed by atoms with van der Waals surface area (Å²) in [7, 11) is 0. The minimum absolute atomic E-state index is 0.0833. The quantitative estimate of drug-likeness (QED) is 0.568. The first-order valence-corrected chi connectivity index (χ1v) is 9.76. The highest BCUT2D eigenvalue weighted by Crippen LogP contribution is 2.23. The summed E-state index contributed by atoms with van der Waals surface area (Å²) < 4.78 is 17.8. The Balaban J connectivity index is 1.58. The van der Waals surface area contributed by atoms with Crippen LogP contribution in [-0.2, 0) is 0 Å². The summed E-state index contributed by atoms with van der Waals surface area (Å²) in [5, 5.41) is 3.88. The van der Waals surface area contributed by atoms with Gasteiger partial charge in [-0.15, -0.1) is 0 Å². The Labute approximate surface area is 166 Å². The summed E-state index contributed by atoms with van der Waals surface area (Å²) in [5.74, 6) is -0.0629. The van der Waals surface area contributed by atoms with Gasteiger partial charge in [0.25, 0.3) is 5.56 Å². The van der Waals surface area contributed by atoms with Crippen molar-refractivity contribution in [3.63, 3.8) is 0 Å². The summed E-state index contributed by atoms with van der Waals surface area (Å²) in [6.07, 6.45) is 8.68. The van der Waals surface area contributed by atoms with Crippen LogP contribution in [0.1, 0.15) is 31.5 Å². The zero-order valence-corrected chi connectivity index (χ0v) is 16.3. The molecule has 4 aromatic rings. The number of fused-ring (bicyclic) bond motifs is 2. The molecule has 1 aliphatic heterocycles. The summed E-state index contributed by atoms with van der Waals surface area (Å²) in [5.41, 5.74) is 2.01. The molecule has 7 nitrogen and oxygen atoms in total. The van der Waals surface area contributed by atoms with Crippen molar-refractivity contribution in [2.75, 3.05) is 6.54 Å². The molecule has 4 aromatic heterocycles. The number of hydrogen-bond donors (Lipinski definition) is 1. The number of halogens is 1. The predicted octanol–water partition coefficient (Wildman–Crippen LogP) is 2.87. The maximum atomic E-state index is 14.4. The van der Waals surface area contributed by atoms with Gasteiger partial charge in [0, 0.05) is 42.4 Å². The van der Waals surface area contributed by atoms with Crippen LogP contribution >= 0.6 is 0 Å². The molecule has 5 heterocycles. The second-order valence-corrected chi connectivity index (χ2v) is 7.74. The van der Waals surface area contributed by atoms with Crippen LogP contribution < -0.4 is 10.9 Å². The third kappa shape index (κ3) is 3.09. The normalized spacial score (nSPS) is 19.8. The van der Waals surface area contributed by atoms with Crippen molar-refractivity contribution in [1.82, 2.24) is 29.2 Å². The summed E-state index contributed by atoms with van der Waals surface area (Å²) in [4.78, 5) is 26.1. The molecule has 1 N–H and O–H groups in total. The molecule has 0 radical (unpaired) electrons. The van der Waals surface area contributed by atoms with Gasteiger partial charge in [-0.05, 0) is 45.4 Å². The van der Waals surface area contributed by atoms with E-state index in [1.54, 1.807) is 27.6 Å². The van der Waals surface area contributed by atoms with E-state index in [0.717, 1.165) is 25.1 Å². The number of rotatable bonds is 2. The molecular formula is C21H21FN6O. The van der Waals surface area contributed by atoms with Crippen LogP contribution in [0.2, 0.25) is 0 Å². The van der Waals surface area contributed by atoms with Gasteiger partial charge in [0.2, 0.25) is 0 Å². The fourth-order valence-corrected chi connectivity index (χ4v) is 4.13. The van der Waals surface area contributed by atoms with Crippen LogP contribution in [0, 0.1) is 12.7 Å². The van der Waals surface area contributed by atoms with E-state index in [1.807, 2.05) is 19.2 Å². The first-order valence-electron chi connectivity index (χ1n) is 9.76. The Morgan fingerprint density at radius 3 is 2.97 bits per heavy atom. The van der Waals surface area contributed by atoms with E-state index in [9.17, 15) is 9.18 Å². The Morgan fingerprint density at radius 1 is 1.28 bits per heavy atom. The smallest absolute Gasteiger partial charge is 0.261 e. The molecule has 29 heavy (non-hydrogen) atoms. The molecule has 148 valence electrons. The molecule has 1 unspecified atom stereocenters. The lowest BCUT2D eigenvalue weighted by Gasteiger charge is -2.29. The third-order valence-corrected chi connectivity index (χ3v) is 5.55. The molecule has 0 amide bonds. The van der Waals surface area contributed by atoms with Crippen molar-refractivity contribution in [1.29, 1.82) is 0 Å². The van der Waals surface area contributed by atoms with E-state index in [2.05, 4.69) is 27.2 Å². The lowest BCUT2D eigenvalue weighted by molar-refractivity contribution is 0.309. The molecule has 0 aromatic carbocycles. The first kappa shape index (κ1) is 17.9. The minimum atomic E-state index is -0.435. The van der Waals surface area contributed by atoms with Crippen molar-refractivity contribution in [3.05, 3.63) is 58.8 Å². The molecule has 1 aliphatic rings. The maximum Gasteiger partial charge on any atom is 0.261 e. The van der Waals surface area contributed by atoms with E-state index in [0.29, 0.717) is 28.3 Å². The number of nitrogens with one attached hydrogen (secondary N) is 1.